The summed E-state index contributed by atoms with van der Waals surface area (Å²) in [5, 5.41) is 9.13. The van der Waals surface area contributed by atoms with Gasteiger partial charge in [-0.2, -0.15) is 0 Å². The SMILES string of the molecule is O=C(/C=C/c1ccco1)N(CCO)C1CCCCC1. The highest BCUT2D eigenvalue weighted by molar-refractivity contribution is 5.91. The molecule has 4 heteroatoms. The van der Waals surface area contributed by atoms with Crippen LogP contribution in [0.15, 0.2) is 28.9 Å². The summed E-state index contributed by atoms with van der Waals surface area (Å²) in [4.78, 5) is 14.0. The number of furan rings is 1. The monoisotopic (exact) mass is 263 g/mol. The molecule has 104 valence electrons. The quantitative estimate of drug-likeness (QED) is 0.830. The average Bonchev–Trinajstić information content (AvgIpc) is 2.96. The molecule has 1 amide bonds. The van der Waals surface area contributed by atoms with Gasteiger partial charge in [0.25, 0.3) is 0 Å². The molecule has 1 fully saturated rings. The lowest BCUT2D eigenvalue weighted by atomic mass is 9.94. The Hall–Kier alpha value is -1.55. The number of nitrogens with zero attached hydrogens (tertiary/aromatic N) is 1. The van der Waals surface area contributed by atoms with E-state index in [9.17, 15) is 4.79 Å². The molecule has 1 saturated carbocycles. The fourth-order valence-corrected chi connectivity index (χ4v) is 2.61. The highest BCUT2D eigenvalue weighted by Gasteiger charge is 2.23. The zero-order valence-corrected chi connectivity index (χ0v) is 11.1. The minimum atomic E-state index is -0.0441. The molecule has 4 nitrogen and oxygen atoms in total. The lowest BCUT2D eigenvalue weighted by molar-refractivity contribution is -0.129. The minimum Gasteiger partial charge on any atom is -0.465 e. The highest BCUT2D eigenvalue weighted by Crippen LogP contribution is 2.22. The standard InChI is InChI=1S/C15H21NO3/c17-11-10-16(13-5-2-1-3-6-13)15(18)9-8-14-7-4-12-19-14/h4,7-9,12-13,17H,1-3,5-6,10-11H2/b9-8+. The predicted molar refractivity (Wildman–Crippen MR) is 73.4 cm³/mol. The van der Waals surface area contributed by atoms with E-state index in [2.05, 4.69) is 0 Å². The van der Waals surface area contributed by atoms with Crippen molar-refractivity contribution in [2.45, 2.75) is 38.1 Å². The van der Waals surface area contributed by atoms with Gasteiger partial charge in [0.15, 0.2) is 0 Å². The van der Waals surface area contributed by atoms with Crippen LogP contribution in [0.2, 0.25) is 0 Å². The smallest absolute Gasteiger partial charge is 0.247 e. The van der Waals surface area contributed by atoms with Crippen molar-refractivity contribution in [3.8, 4) is 0 Å². The predicted octanol–water partition coefficient (Wildman–Crippen LogP) is 2.45. The second-order valence-corrected chi connectivity index (χ2v) is 4.90. The van der Waals surface area contributed by atoms with Gasteiger partial charge in [-0.3, -0.25) is 4.79 Å². The van der Waals surface area contributed by atoms with Gasteiger partial charge in [-0.15, -0.1) is 0 Å². The molecule has 0 saturated heterocycles. The third-order valence-electron chi connectivity index (χ3n) is 3.57. The summed E-state index contributed by atoms with van der Waals surface area (Å²) in [6.45, 7) is 0.419. The van der Waals surface area contributed by atoms with Crippen LogP contribution < -0.4 is 0 Å². The Bertz CT molecular complexity index is 405. The first-order valence-electron chi connectivity index (χ1n) is 6.94. The molecule has 1 aromatic rings. The van der Waals surface area contributed by atoms with Crippen molar-refractivity contribution in [1.29, 1.82) is 0 Å². The number of aliphatic hydroxyl groups is 1. The van der Waals surface area contributed by atoms with Gasteiger partial charge in [-0.1, -0.05) is 19.3 Å². The van der Waals surface area contributed by atoms with E-state index in [0.29, 0.717) is 12.3 Å². The molecule has 0 aliphatic heterocycles. The molecule has 1 heterocycles. The lowest BCUT2D eigenvalue weighted by Crippen LogP contribution is -2.42. The van der Waals surface area contributed by atoms with Crippen molar-refractivity contribution in [3.63, 3.8) is 0 Å². The summed E-state index contributed by atoms with van der Waals surface area (Å²) in [5.74, 6) is 0.623. The topological polar surface area (TPSA) is 53.7 Å². The van der Waals surface area contributed by atoms with Crippen molar-refractivity contribution in [3.05, 3.63) is 30.2 Å². The molecule has 0 unspecified atom stereocenters. The van der Waals surface area contributed by atoms with Crippen LogP contribution in [0.4, 0.5) is 0 Å². The zero-order chi connectivity index (χ0) is 13.5. The summed E-state index contributed by atoms with van der Waals surface area (Å²) in [6, 6.07) is 3.87. The second kappa shape index (κ2) is 7.14. The van der Waals surface area contributed by atoms with E-state index in [1.54, 1.807) is 29.4 Å². The average molecular weight is 263 g/mol. The summed E-state index contributed by atoms with van der Waals surface area (Å²) in [6.07, 6.45) is 10.5. The van der Waals surface area contributed by atoms with Crippen molar-refractivity contribution in [2.75, 3.05) is 13.2 Å². The third kappa shape index (κ3) is 3.96. The maximum Gasteiger partial charge on any atom is 0.247 e. The van der Waals surface area contributed by atoms with Crippen LogP contribution in [0.25, 0.3) is 6.08 Å². The summed E-state index contributed by atoms with van der Waals surface area (Å²) < 4.78 is 5.16. The van der Waals surface area contributed by atoms with E-state index < -0.39 is 0 Å². The Morgan fingerprint density at radius 2 is 2.21 bits per heavy atom. The number of hydrogen-bond donors (Lipinski definition) is 1. The molecule has 1 aliphatic rings. The molecule has 0 atom stereocenters. The maximum atomic E-state index is 12.2. The Balaban J connectivity index is 1.99. The number of amides is 1. The van der Waals surface area contributed by atoms with Gasteiger partial charge in [0.1, 0.15) is 5.76 Å². The Morgan fingerprint density at radius 3 is 2.84 bits per heavy atom. The highest BCUT2D eigenvalue weighted by atomic mass is 16.3. The fraction of sp³-hybridized carbons (Fsp3) is 0.533. The molecule has 0 bridgehead atoms. The molecule has 2 rings (SSSR count). The summed E-state index contributed by atoms with van der Waals surface area (Å²) in [7, 11) is 0. The second-order valence-electron chi connectivity index (χ2n) is 4.90. The van der Waals surface area contributed by atoms with Crippen molar-refractivity contribution < 1.29 is 14.3 Å². The van der Waals surface area contributed by atoms with E-state index in [1.165, 1.54) is 25.3 Å². The van der Waals surface area contributed by atoms with Gasteiger partial charge < -0.3 is 14.4 Å². The van der Waals surface area contributed by atoms with Crippen LogP contribution in [0.5, 0.6) is 0 Å². The molecule has 1 aliphatic carbocycles. The van der Waals surface area contributed by atoms with E-state index in [-0.39, 0.29) is 18.6 Å². The number of carbonyl (C=O) groups is 1. The molecular weight excluding hydrogens is 242 g/mol. The molecule has 1 aromatic heterocycles. The lowest BCUT2D eigenvalue weighted by Gasteiger charge is -2.33. The molecule has 1 N–H and O–H groups in total. The number of carbonyl (C=O) groups excluding carboxylic acids is 1. The molecule has 19 heavy (non-hydrogen) atoms. The van der Waals surface area contributed by atoms with Crippen LogP contribution in [0.3, 0.4) is 0 Å². The molecule has 0 aromatic carbocycles. The fourth-order valence-electron chi connectivity index (χ4n) is 2.61. The molecular formula is C15H21NO3. The van der Waals surface area contributed by atoms with Gasteiger partial charge >= 0.3 is 0 Å². The number of hydrogen-bond acceptors (Lipinski definition) is 3. The first-order valence-corrected chi connectivity index (χ1v) is 6.94. The number of aliphatic hydroxyl groups excluding tert-OH is 1. The van der Waals surface area contributed by atoms with Crippen molar-refractivity contribution in [2.24, 2.45) is 0 Å². The normalized spacial score (nSPS) is 16.9. The van der Waals surface area contributed by atoms with Gasteiger partial charge in [0, 0.05) is 18.7 Å². The Labute approximate surface area is 113 Å². The van der Waals surface area contributed by atoms with Crippen LogP contribution >= 0.6 is 0 Å². The van der Waals surface area contributed by atoms with Gasteiger partial charge in [0.05, 0.1) is 12.9 Å². The Kier molecular flexibility index (Phi) is 5.21. The largest absolute Gasteiger partial charge is 0.465 e. The third-order valence-corrected chi connectivity index (χ3v) is 3.57. The zero-order valence-electron chi connectivity index (χ0n) is 11.1. The summed E-state index contributed by atoms with van der Waals surface area (Å²) >= 11 is 0. The van der Waals surface area contributed by atoms with Crippen LogP contribution in [0.1, 0.15) is 37.9 Å². The molecule has 0 spiro atoms. The van der Waals surface area contributed by atoms with Crippen LogP contribution in [0, 0.1) is 0 Å². The van der Waals surface area contributed by atoms with E-state index in [4.69, 9.17) is 9.52 Å². The van der Waals surface area contributed by atoms with Crippen molar-refractivity contribution in [1.82, 2.24) is 4.90 Å². The van der Waals surface area contributed by atoms with E-state index in [0.717, 1.165) is 12.8 Å². The van der Waals surface area contributed by atoms with Gasteiger partial charge in [-0.25, -0.2) is 0 Å². The van der Waals surface area contributed by atoms with E-state index >= 15 is 0 Å². The van der Waals surface area contributed by atoms with E-state index in [1.807, 2.05) is 0 Å². The van der Waals surface area contributed by atoms with Crippen LogP contribution in [-0.2, 0) is 4.79 Å². The first kappa shape index (κ1) is 13.9. The minimum absolute atomic E-state index is 0.0107. The summed E-state index contributed by atoms with van der Waals surface area (Å²) in [5.41, 5.74) is 0. The van der Waals surface area contributed by atoms with Crippen molar-refractivity contribution >= 4 is 12.0 Å². The Morgan fingerprint density at radius 1 is 1.42 bits per heavy atom. The number of rotatable bonds is 5. The first-order chi connectivity index (χ1) is 9.31. The maximum absolute atomic E-state index is 12.2. The molecule has 0 radical (unpaired) electrons. The van der Waals surface area contributed by atoms with Gasteiger partial charge in [0.2, 0.25) is 5.91 Å². The van der Waals surface area contributed by atoms with Gasteiger partial charge in [-0.05, 0) is 31.1 Å². The van der Waals surface area contributed by atoms with Crippen LogP contribution in [-0.4, -0.2) is 35.1 Å².